The lowest BCUT2D eigenvalue weighted by Gasteiger charge is -2.01. The lowest BCUT2D eigenvalue weighted by Crippen LogP contribution is -1.73. The molecule has 1 heterocycles. The summed E-state index contributed by atoms with van der Waals surface area (Å²) < 4.78 is 4.58. The van der Waals surface area contributed by atoms with Gasteiger partial charge in [-0.25, -0.2) is 0 Å². The molecular weight excluding hydrogens is 216 g/mol. The van der Waals surface area contributed by atoms with E-state index in [4.69, 9.17) is 5.11 Å². The minimum atomic E-state index is -0.0753. The molecule has 0 fully saturated rings. The van der Waals surface area contributed by atoms with E-state index in [1.54, 1.807) is 24.7 Å². The fourth-order valence-electron chi connectivity index (χ4n) is 1.47. The van der Waals surface area contributed by atoms with Gasteiger partial charge >= 0.3 is 0 Å². The molecule has 0 amide bonds. The number of benzene rings is 2. The Balaban J connectivity index is 0.000000181. The van der Waals surface area contributed by atoms with Crippen LogP contribution in [0.1, 0.15) is 0 Å². The van der Waals surface area contributed by atoms with Crippen molar-refractivity contribution in [3.8, 4) is 11.5 Å². The van der Waals surface area contributed by atoms with Crippen molar-refractivity contribution in [2.24, 2.45) is 0 Å². The minimum Gasteiger partial charge on any atom is -0.504 e. The lowest BCUT2D eigenvalue weighted by atomic mass is 10.1. The van der Waals surface area contributed by atoms with Gasteiger partial charge in [0.2, 0.25) is 0 Å². The summed E-state index contributed by atoms with van der Waals surface area (Å²) in [5.41, 5.74) is 0. The van der Waals surface area contributed by atoms with Gasteiger partial charge in [-0.05, 0) is 23.6 Å². The average molecular weight is 228 g/mol. The van der Waals surface area contributed by atoms with Gasteiger partial charge in [0.05, 0.1) is 12.5 Å². The summed E-state index contributed by atoms with van der Waals surface area (Å²) in [6.45, 7) is 0. The largest absolute Gasteiger partial charge is 0.504 e. The maximum Gasteiger partial charge on any atom is 0.165 e. The second kappa shape index (κ2) is 5.07. The van der Waals surface area contributed by atoms with Crippen LogP contribution in [0.25, 0.3) is 10.8 Å². The fraction of sp³-hybridized carbons (Fsp3) is 0. The predicted octanol–water partition coefficient (Wildman–Crippen LogP) is 3.53. The Labute approximate surface area is 98.6 Å². The van der Waals surface area contributed by atoms with Crippen LogP contribution < -0.4 is 0 Å². The lowest BCUT2D eigenvalue weighted by molar-refractivity contribution is 0.408. The van der Waals surface area contributed by atoms with Gasteiger partial charge in [-0.2, -0.15) is 0 Å². The predicted molar refractivity (Wildman–Crippen MR) is 66.0 cm³/mol. The third-order valence-corrected chi connectivity index (χ3v) is 2.30. The molecule has 3 aromatic rings. The Morgan fingerprint density at radius 1 is 0.765 bits per heavy atom. The first-order valence-electron chi connectivity index (χ1n) is 5.16. The zero-order valence-corrected chi connectivity index (χ0v) is 9.08. The molecule has 0 spiro atoms. The number of hydrogen-bond donors (Lipinski definition) is 2. The van der Waals surface area contributed by atoms with Gasteiger partial charge in [0.25, 0.3) is 0 Å². The van der Waals surface area contributed by atoms with Gasteiger partial charge in [0.15, 0.2) is 11.5 Å². The number of rotatable bonds is 0. The van der Waals surface area contributed by atoms with Crippen LogP contribution in [0.3, 0.4) is 0 Å². The van der Waals surface area contributed by atoms with E-state index in [1.807, 2.05) is 30.3 Å². The maximum atomic E-state index is 9.41. The van der Waals surface area contributed by atoms with Crippen molar-refractivity contribution in [3.63, 3.8) is 0 Å². The van der Waals surface area contributed by atoms with Crippen LogP contribution in [-0.4, -0.2) is 10.2 Å². The smallest absolute Gasteiger partial charge is 0.165 e. The van der Waals surface area contributed by atoms with Crippen molar-refractivity contribution in [1.82, 2.24) is 0 Å². The van der Waals surface area contributed by atoms with Gasteiger partial charge in [-0.3, -0.25) is 0 Å². The van der Waals surface area contributed by atoms with Crippen LogP contribution in [0, 0.1) is 0 Å². The Morgan fingerprint density at radius 3 is 2.12 bits per heavy atom. The highest BCUT2D eigenvalue weighted by Gasteiger charge is 2.02. The fourth-order valence-corrected chi connectivity index (χ4v) is 1.47. The monoisotopic (exact) mass is 228 g/mol. The quantitative estimate of drug-likeness (QED) is 0.579. The van der Waals surface area contributed by atoms with Crippen molar-refractivity contribution in [1.29, 1.82) is 0 Å². The molecule has 0 bridgehead atoms. The van der Waals surface area contributed by atoms with Gasteiger partial charge in [0.1, 0.15) is 0 Å². The first kappa shape index (κ1) is 11.1. The number of hydrogen-bond acceptors (Lipinski definition) is 3. The molecule has 0 saturated heterocycles. The molecule has 0 aliphatic carbocycles. The SMILES string of the molecule is Oc1ccc2ccccc2c1O.c1ccoc1. The van der Waals surface area contributed by atoms with E-state index in [1.165, 1.54) is 6.07 Å². The van der Waals surface area contributed by atoms with Crippen LogP contribution in [0.4, 0.5) is 0 Å². The summed E-state index contributed by atoms with van der Waals surface area (Å²) in [7, 11) is 0. The highest BCUT2D eigenvalue weighted by atomic mass is 16.3. The van der Waals surface area contributed by atoms with Crippen LogP contribution in [-0.2, 0) is 0 Å². The standard InChI is InChI=1S/C10H8O2.C4H4O/c11-9-6-5-7-3-1-2-4-8(7)10(9)12;1-2-4-5-3-1/h1-6,11-12H;1-4H. The van der Waals surface area contributed by atoms with E-state index in [2.05, 4.69) is 4.42 Å². The molecule has 3 nitrogen and oxygen atoms in total. The molecule has 0 saturated carbocycles. The van der Waals surface area contributed by atoms with Gasteiger partial charge < -0.3 is 14.6 Å². The molecule has 0 unspecified atom stereocenters. The van der Waals surface area contributed by atoms with Crippen molar-refractivity contribution in [2.45, 2.75) is 0 Å². The zero-order valence-electron chi connectivity index (χ0n) is 9.08. The van der Waals surface area contributed by atoms with Gasteiger partial charge in [-0.15, -0.1) is 0 Å². The first-order chi connectivity index (χ1) is 8.29. The summed E-state index contributed by atoms with van der Waals surface area (Å²) >= 11 is 0. The van der Waals surface area contributed by atoms with Crippen molar-refractivity contribution in [2.75, 3.05) is 0 Å². The summed E-state index contributed by atoms with van der Waals surface area (Å²) in [5, 5.41) is 20.2. The van der Waals surface area contributed by atoms with Crippen molar-refractivity contribution >= 4 is 10.8 Å². The first-order valence-corrected chi connectivity index (χ1v) is 5.16. The third kappa shape index (κ3) is 2.58. The summed E-state index contributed by atoms with van der Waals surface area (Å²) in [4.78, 5) is 0. The Bertz CT molecular complexity index is 568. The second-order valence-corrected chi connectivity index (χ2v) is 3.45. The van der Waals surface area contributed by atoms with Crippen LogP contribution in [0.2, 0.25) is 0 Å². The van der Waals surface area contributed by atoms with E-state index in [9.17, 15) is 5.11 Å². The number of fused-ring (bicyclic) bond motifs is 1. The summed E-state index contributed by atoms with van der Waals surface area (Å²) in [6.07, 6.45) is 3.25. The number of phenolic OH excluding ortho intramolecular Hbond substituents is 2. The van der Waals surface area contributed by atoms with Crippen LogP contribution in [0.15, 0.2) is 65.5 Å². The zero-order chi connectivity index (χ0) is 12.1. The molecule has 17 heavy (non-hydrogen) atoms. The minimum absolute atomic E-state index is 0.0481. The summed E-state index contributed by atoms with van der Waals surface area (Å²) in [5.74, 6) is -0.123. The Kier molecular flexibility index (Phi) is 3.31. The van der Waals surface area contributed by atoms with E-state index in [0.29, 0.717) is 5.39 Å². The molecule has 1 aromatic heterocycles. The van der Waals surface area contributed by atoms with Crippen LogP contribution in [0.5, 0.6) is 11.5 Å². The van der Waals surface area contributed by atoms with E-state index >= 15 is 0 Å². The maximum absolute atomic E-state index is 9.41. The summed E-state index contributed by atoms with van der Waals surface area (Å²) in [6, 6.07) is 14.3. The highest BCUT2D eigenvalue weighted by Crippen LogP contribution is 2.32. The molecule has 0 aliphatic heterocycles. The Hall–Kier alpha value is -2.42. The van der Waals surface area contributed by atoms with Crippen molar-refractivity contribution < 1.29 is 14.6 Å². The second-order valence-electron chi connectivity index (χ2n) is 3.45. The Morgan fingerprint density at radius 2 is 1.47 bits per heavy atom. The van der Waals surface area contributed by atoms with E-state index < -0.39 is 0 Å². The molecule has 3 rings (SSSR count). The average Bonchev–Trinajstić information content (AvgIpc) is 2.93. The molecule has 0 atom stereocenters. The molecule has 2 aromatic carbocycles. The van der Waals surface area contributed by atoms with E-state index in [0.717, 1.165) is 5.39 Å². The number of aromatic hydroxyl groups is 2. The molecule has 0 radical (unpaired) electrons. The van der Waals surface area contributed by atoms with Gasteiger partial charge in [0, 0.05) is 5.39 Å². The number of furan rings is 1. The van der Waals surface area contributed by atoms with E-state index in [-0.39, 0.29) is 11.5 Å². The molecule has 3 heteroatoms. The van der Waals surface area contributed by atoms with Crippen molar-refractivity contribution in [3.05, 3.63) is 61.1 Å². The number of phenols is 2. The molecular formula is C14H12O3. The van der Waals surface area contributed by atoms with Gasteiger partial charge in [-0.1, -0.05) is 30.3 Å². The third-order valence-electron chi connectivity index (χ3n) is 2.30. The molecule has 86 valence electrons. The molecule has 0 aliphatic rings. The normalized spacial score (nSPS) is 9.65. The topological polar surface area (TPSA) is 53.6 Å². The van der Waals surface area contributed by atoms with Crippen LogP contribution >= 0.6 is 0 Å². The molecule has 2 N–H and O–H groups in total. The highest BCUT2D eigenvalue weighted by molar-refractivity contribution is 5.90.